The number of nitrogens with zero attached hydrogens (tertiary/aromatic N) is 3. The van der Waals surface area contributed by atoms with Crippen LogP contribution in [0.4, 0.5) is 0 Å². The van der Waals surface area contributed by atoms with Gasteiger partial charge in [-0.2, -0.15) is 5.10 Å². The number of rotatable bonds is 6. The third-order valence-corrected chi connectivity index (χ3v) is 3.89. The second-order valence-electron chi connectivity index (χ2n) is 5.59. The smallest absolute Gasteiger partial charge is 0.269 e. The van der Waals surface area contributed by atoms with Crippen LogP contribution in [0.2, 0.25) is 0 Å². The number of carbonyl (C=O) groups excluding carboxylic acids is 1. The van der Waals surface area contributed by atoms with E-state index in [4.69, 9.17) is 4.74 Å². The quantitative estimate of drug-likeness (QED) is 0.751. The number of aryl methyl sites for hydroxylation is 1. The van der Waals surface area contributed by atoms with Crippen LogP contribution >= 0.6 is 0 Å². The number of nitrogens with one attached hydrogen (secondary N) is 1. The Balaban J connectivity index is 1.65. The van der Waals surface area contributed by atoms with Crippen LogP contribution in [0.3, 0.4) is 0 Å². The Morgan fingerprint density at radius 1 is 1.20 bits per heavy atom. The van der Waals surface area contributed by atoms with Gasteiger partial charge in [-0.15, -0.1) is 0 Å². The normalized spacial score (nSPS) is 10.5. The van der Waals surface area contributed by atoms with Crippen molar-refractivity contribution in [1.29, 1.82) is 0 Å². The molecule has 0 radical (unpaired) electrons. The van der Waals surface area contributed by atoms with Gasteiger partial charge >= 0.3 is 0 Å². The van der Waals surface area contributed by atoms with E-state index in [0.29, 0.717) is 18.7 Å². The lowest BCUT2D eigenvalue weighted by Gasteiger charge is -2.04. The lowest BCUT2D eigenvalue weighted by atomic mass is 10.1. The molecule has 0 saturated heterocycles. The van der Waals surface area contributed by atoms with Crippen LogP contribution in [0.1, 0.15) is 16.2 Å². The molecule has 0 aliphatic rings. The first-order valence-corrected chi connectivity index (χ1v) is 8.04. The highest BCUT2D eigenvalue weighted by Gasteiger charge is 2.14. The molecule has 2 heterocycles. The molecule has 25 heavy (non-hydrogen) atoms. The van der Waals surface area contributed by atoms with Crippen LogP contribution in [-0.2, 0) is 13.5 Å². The van der Waals surface area contributed by atoms with E-state index in [1.165, 1.54) is 0 Å². The molecular formula is C19H20N4O2. The number of aromatic nitrogens is 3. The van der Waals surface area contributed by atoms with Crippen molar-refractivity contribution in [2.75, 3.05) is 13.7 Å². The van der Waals surface area contributed by atoms with Crippen molar-refractivity contribution >= 4 is 5.91 Å². The molecule has 2 aromatic heterocycles. The highest BCUT2D eigenvalue weighted by atomic mass is 16.5. The number of ether oxygens (including phenoxy) is 1. The molecule has 0 aliphatic carbocycles. The number of carbonyl (C=O) groups is 1. The molecule has 1 aromatic carbocycles. The molecule has 0 bridgehead atoms. The van der Waals surface area contributed by atoms with Gasteiger partial charge in [0.2, 0.25) is 0 Å². The molecule has 3 aromatic rings. The fourth-order valence-electron chi connectivity index (χ4n) is 2.52. The average Bonchev–Trinajstić information content (AvgIpc) is 3.04. The van der Waals surface area contributed by atoms with E-state index in [-0.39, 0.29) is 5.91 Å². The molecule has 6 heteroatoms. The van der Waals surface area contributed by atoms with Gasteiger partial charge in [-0.25, -0.2) is 0 Å². The van der Waals surface area contributed by atoms with Crippen molar-refractivity contribution in [2.24, 2.45) is 7.05 Å². The Labute approximate surface area is 146 Å². The molecule has 0 spiro atoms. The summed E-state index contributed by atoms with van der Waals surface area (Å²) in [6, 6.07) is 15.1. The third kappa shape index (κ3) is 4.03. The van der Waals surface area contributed by atoms with Crippen molar-refractivity contribution < 1.29 is 9.53 Å². The summed E-state index contributed by atoms with van der Waals surface area (Å²) in [6.07, 6.45) is 2.44. The fraction of sp³-hybridized carbons (Fsp3) is 0.211. The molecule has 0 aliphatic heterocycles. The fourth-order valence-corrected chi connectivity index (χ4v) is 2.52. The van der Waals surface area contributed by atoms with Crippen molar-refractivity contribution in [2.45, 2.75) is 6.42 Å². The molecule has 3 rings (SSSR count). The highest BCUT2D eigenvalue weighted by Crippen LogP contribution is 2.21. The maximum absolute atomic E-state index is 12.4. The topological polar surface area (TPSA) is 69.0 Å². The Kier molecular flexibility index (Phi) is 5.09. The van der Waals surface area contributed by atoms with Crippen LogP contribution in [0, 0.1) is 0 Å². The van der Waals surface area contributed by atoms with Crippen molar-refractivity contribution in [3.05, 3.63) is 66.1 Å². The van der Waals surface area contributed by atoms with Crippen LogP contribution < -0.4 is 10.1 Å². The average molecular weight is 336 g/mol. The first kappa shape index (κ1) is 16.7. The first-order valence-electron chi connectivity index (χ1n) is 8.04. The van der Waals surface area contributed by atoms with Crippen LogP contribution in [0.5, 0.6) is 5.75 Å². The minimum Gasteiger partial charge on any atom is -0.497 e. The number of methoxy groups -OCH3 is 1. The second-order valence-corrected chi connectivity index (χ2v) is 5.59. The van der Waals surface area contributed by atoms with E-state index in [1.807, 2.05) is 42.5 Å². The predicted octanol–water partition coefficient (Wildman–Crippen LogP) is 2.46. The summed E-state index contributed by atoms with van der Waals surface area (Å²) < 4.78 is 6.75. The van der Waals surface area contributed by atoms with Gasteiger partial charge in [0.1, 0.15) is 11.4 Å². The van der Waals surface area contributed by atoms with Gasteiger partial charge in [0.05, 0.1) is 12.8 Å². The van der Waals surface area contributed by atoms with Gasteiger partial charge in [0.25, 0.3) is 5.91 Å². The Morgan fingerprint density at radius 3 is 2.68 bits per heavy atom. The SMILES string of the molecule is COc1ccc(-c2cc(C(=O)NCCc3ccccn3)n(C)n2)cc1. The maximum atomic E-state index is 12.4. The predicted molar refractivity (Wildman–Crippen MR) is 95.5 cm³/mol. The lowest BCUT2D eigenvalue weighted by Crippen LogP contribution is -2.27. The number of hydrogen-bond donors (Lipinski definition) is 1. The first-order chi connectivity index (χ1) is 12.2. The molecule has 0 fully saturated rings. The molecule has 6 nitrogen and oxygen atoms in total. The summed E-state index contributed by atoms with van der Waals surface area (Å²) in [5, 5.41) is 7.34. The van der Waals surface area contributed by atoms with Crippen molar-refractivity contribution in [1.82, 2.24) is 20.1 Å². The molecule has 1 amide bonds. The second kappa shape index (κ2) is 7.61. The van der Waals surface area contributed by atoms with Gasteiger partial charge in [0.15, 0.2) is 0 Å². The van der Waals surface area contributed by atoms with Gasteiger partial charge < -0.3 is 10.1 Å². The van der Waals surface area contributed by atoms with Crippen molar-refractivity contribution in [3.8, 4) is 17.0 Å². The largest absolute Gasteiger partial charge is 0.497 e. The van der Waals surface area contributed by atoms with Crippen LogP contribution in [0.15, 0.2) is 54.7 Å². The third-order valence-electron chi connectivity index (χ3n) is 3.89. The Bertz CT molecular complexity index is 842. The molecule has 0 atom stereocenters. The molecule has 0 saturated carbocycles. The van der Waals surface area contributed by atoms with Gasteiger partial charge in [-0.3, -0.25) is 14.5 Å². The van der Waals surface area contributed by atoms with E-state index in [2.05, 4.69) is 15.4 Å². The van der Waals surface area contributed by atoms with E-state index in [1.54, 1.807) is 31.1 Å². The molecule has 0 unspecified atom stereocenters. The highest BCUT2D eigenvalue weighted by molar-refractivity contribution is 5.93. The molecule has 1 N–H and O–H groups in total. The van der Waals surface area contributed by atoms with Gasteiger partial charge in [-0.1, -0.05) is 6.07 Å². The number of pyridine rings is 1. The lowest BCUT2D eigenvalue weighted by molar-refractivity contribution is 0.0944. The molecular weight excluding hydrogens is 316 g/mol. The maximum Gasteiger partial charge on any atom is 0.269 e. The monoisotopic (exact) mass is 336 g/mol. The summed E-state index contributed by atoms with van der Waals surface area (Å²) in [5.41, 5.74) is 3.16. The summed E-state index contributed by atoms with van der Waals surface area (Å²) in [4.78, 5) is 16.6. The summed E-state index contributed by atoms with van der Waals surface area (Å²) >= 11 is 0. The molecule has 128 valence electrons. The Hall–Kier alpha value is -3.15. The number of hydrogen-bond acceptors (Lipinski definition) is 4. The Morgan fingerprint density at radius 2 is 2.00 bits per heavy atom. The van der Waals surface area contributed by atoms with Gasteiger partial charge in [0, 0.05) is 37.5 Å². The van der Waals surface area contributed by atoms with Crippen LogP contribution in [0.25, 0.3) is 11.3 Å². The minimum absolute atomic E-state index is 0.148. The summed E-state index contributed by atoms with van der Waals surface area (Å²) in [6.45, 7) is 0.527. The van der Waals surface area contributed by atoms with E-state index in [9.17, 15) is 4.79 Å². The van der Waals surface area contributed by atoms with Gasteiger partial charge in [-0.05, 0) is 42.5 Å². The van der Waals surface area contributed by atoms with Crippen molar-refractivity contribution in [3.63, 3.8) is 0 Å². The summed E-state index contributed by atoms with van der Waals surface area (Å²) in [7, 11) is 3.39. The summed E-state index contributed by atoms with van der Waals surface area (Å²) in [5.74, 6) is 0.637. The zero-order valence-electron chi connectivity index (χ0n) is 14.3. The van der Waals surface area contributed by atoms with E-state index >= 15 is 0 Å². The zero-order valence-corrected chi connectivity index (χ0v) is 14.3. The van der Waals surface area contributed by atoms with Crippen LogP contribution in [-0.4, -0.2) is 34.3 Å². The number of benzene rings is 1. The zero-order chi connectivity index (χ0) is 17.6. The minimum atomic E-state index is -0.148. The van der Waals surface area contributed by atoms with E-state index < -0.39 is 0 Å². The van der Waals surface area contributed by atoms with E-state index in [0.717, 1.165) is 22.7 Å². The standard InChI is InChI=1S/C19H20N4O2/c1-23-18(19(24)21-12-10-15-5-3-4-11-20-15)13-17(22-23)14-6-8-16(25-2)9-7-14/h3-9,11,13H,10,12H2,1-2H3,(H,21,24). The number of amides is 1.